The normalized spacial score (nSPS) is 16.1. The van der Waals surface area contributed by atoms with E-state index in [-0.39, 0.29) is 23.9 Å². The Hall–Kier alpha value is -2.25. The van der Waals surface area contributed by atoms with Crippen molar-refractivity contribution in [1.29, 1.82) is 0 Å². The van der Waals surface area contributed by atoms with Crippen molar-refractivity contribution in [3.63, 3.8) is 0 Å². The average Bonchev–Trinajstić information content (AvgIpc) is 2.58. The van der Waals surface area contributed by atoms with Crippen molar-refractivity contribution < 1.29 is 27.5 Å². The largest absolute Gasteiger partial charge is 0.444 e. The summed E-state index contributed by atoms with van der Waals surface area (Å²) in [6, 6.07) is 5.19. The molecule has 1 heterocycles. The highest BCUT2D eigenvalue weighted by atomic mass is 19.4. The molecule has 1 N–H and O–H groups in total. The van der Waals surface area contributed by atoms with Gasteiger partial charge >= 0.3 is 12.3 Å². The van der Waals surface area contributed by atoms with Crippen molar-refractivity contribution in [2.45, 2.75) is 51.9 Å². The first-order valence-electron chi connectivity index (χ1n) is 8.88. The first-order valence-corrected chi connectivity index (χ1v) is 8.88. The van der Waals surface area contributed by atoms with E-state index >= 15 is 0 Å². The summed E-state index contributed by atoms with van der Waals surface area (Å²) in [7, 11) is 0. The van der Waals surface area contributed by atoms with Gasteiger partial charge in [0.05, 0.1) is 5.56 Å². The highest BCUT2D eigenvalue weighted by Crippen LogP contribution is 2.31. The molecule has 2 rings (SSSR count). The van der Waals surface area contributed by atoms with Crippen LogP contribution in [0.5, 0.6) is 0 Å². The zero-order valence-corrected chi connectivity index (χ0v) is 15.7. The lowest BCUT2D eigenvalue weighted by Crippen LogP contribution is -2.44. The zero-order chi connectivity index (χ0) is 20.2. The summed E-state index contributed by atoms with van der Waals surface area (Å²) in [4.78, 5) is 25.9. The van der Waals surface area contributed by atoms with E-state index in [1.54, 1.807) is 25.7 Å². The predicted octanol–water partition coefficient (Wildman–Crippen LogP) is 3.97. The molecule has 1 aliphatic rings. The Balaban J connectivity index is 1.86. The van der Waals surface area contributed by atoms with E-state index in [0.29, 0.717) is 25.9 Å². The molecule has 1 fully saturated rings. The molecule has 0 aromatic heterocycles. The van der Waals surface area contributed by atoms with Gasteiger partial charge in [0.1, 0.15) is 5.60 Å². The number of benzene rings is 1. The molecule has 27 heavy (non-hydrogen) atoms. The lowest BCUT2D eigenvalue weighted by Gasteiger charge is -2.33. The van der Waals surface area contributed by atoms with Crippen LogP contribution in [0.3, 0.4) is 0 Å². The van der Waals surface area contributed by atoms with Crippen LogP contribution in [0.2, 0.25) is 0 Å². The number of hydrogen-bond acceptors (Lipinski definition) is 3. The smallest absolute Gasteiger partial charge is 0.416 e. The van der Waals surface area contributed by atoms with Crippen molar-refractivity contribution >= 4 is 12.0 Å². The minimum absolute atomic E-state index is 0.0320. The summed E-state index contributed by atoms with van der Waals surface area (Å²) >= 11 is 0. The molecule has 2 amide bonds. The average molecular weight is 386 g/mol. The van der Waals surface area contributed by atoms with Crippen LogP contribution >= 0.6 is 0 Å². The van der Waals surface area contributed by atoms with E-state index < -0.39 is 23.4 Å². The molecular formula is C19H25F3N2O3. The van der Waals surface area contributed by atoms with Gasteiger partial charge in [-0.2, -0.15) is 13.2 Å². The van der Waals surface area contributed by atoms with Gasteiger partial charge in [-0.25, -0.2) is 4.79 Å². The molecule has 0 saturated carbocycles. The Labute approximate surface area is 156 Å². The number of ether oxygens (including phenoxy) is 1. The van der Waals surface area contributed by atoms with Gasteiger partial charge in [0, 0.05) is 25.6 Å². The number of likely N-dealkylation sites (tertiary alicyclic amines) is 1. The van der Waals surface area contributed by atoms with Crippen molar-refractivity contribution in [1.82, 2.24) is 10.2 Å². The van der Waals surface area contributed by atoms with E-state index in [2.05, 4.69) is 5.32 Å². The number of carbonyl (C=O) groups is 2. The number of piperidine rings is 1. The van der Waals surface area contributed by atoms with Crippen molar-refractivity contribution in [3.05, 3.63) is 35.4 Å². The van der Waals surface area contributed by atoms with Crippen LogP contribution < -0.4 is 5.32 Å². The fourth-order valence-corrected chi connectivity index (χ4v) is 2.93. The number of rotatable bonds is 3. The van der Waals surface area contributed by atoms with Gasteiger partial charge < -0.3 is 15.0 Å². The maximum absolute atomic E-state index is 13.0. The van der Waals surface area contributed by atoms with E-state index in [1.165, 1.54) is 18.2 Å². The maximum atomic E-state index is 13.0. The van der Waals surface area contributed by atoms with Crippen LogP contribution in [0.4, 0.5) is 18.0 Å². The Morgan fingerprint density at radius 2 is 1.74 bits per heavy atom. The van der Waals surface area contributed by atoms with Crippen molar-refractivity contribution in [2.75, 3.05) is 13.1 Å². The highest BCUT2D eigenvalue weighted by Gasteiger charge is 2.33. The van der Waals surface area contributed by atoms with Gasteiger partial charge in [-0.15, -0.1) is 0 Å². The van der Waals surface area contributed by atoms with Gasteiger partial charge in [-0.3, -0.25) is 4.79 Å². The van der Waals surface area contributed by atoms with Gasteiger partial charge in [0.25, 0.3) is 0 Å². The molecule has 8 heteroatoms. The zero-order valence-electron chi connectivity index (χ0n) is 15.7. The molecule has 1 aromatic rings. The second-order valence-electron chi connectivity index (χ2n) is 7.61. The Kier molecular flexibility index (Phi) is 6.38. The van der Waals surface area contributed by atoms with E-state index in [9.17, 15) is 22.8 Å². The second kappa shape index (κ2) is 8.19. The van der Waals surface area contributed by atoms with Crippen molar-refractivity contribution in [3.8, 4) is 0 Å². The molecule has 150 valence electrons. The fraction of sp³-hybridized carbons (Fsp3) is 0.579. The van der Waals surface area contributed by atoms with Crippen LogP contribution in [0, 0.1) is 5.92 Å². The quantitative estimate of drug-likeness (QED) is 0.855. The van der Waals surface area contributed by atoms with Gasteiger partial charge in [-0.05, 0) is 45.2 Å². The van der Waals surface area contributed by atoms with Crippen LogP contribution in [0.25, 0.3) is 0 Å². The molecular weight excluding hydrogens is 361 g/mol. The molecule has 0 bridgehead atoms. The summed E-state index contributed by atoms with van der Waals surface area (Å²) in [5, 5.41) is 2.59. The van der Waals surface area contributed by atoms with Crippen LogP contribution in [-0.4, -0.2) is 35.6 Å². The van der Waals surface area contributed by atoms with E-state index in [4.69, 9.17) is 4.74 Å². The molecule has 1 aromatic carbocycles. The van der Waals surface area contributed by atoms with Crippen LogP contribution in [0.1, 0.15) is 44.7 Å². The SMILES string of the molecule is CC(C)(C)OC(=O)N1CCC(C(=O)NCc2ccccc2C(F)(F)F)CC1. The number of nitrogens with zero attached hydrogens (tertiary/aromatic N) is 1. The number of halogens is 3. The molecule has 5 nitrogen and oxygen atoms in total. The summed E-state index contributed by atoms with van der Waals surface area (Å²) in [6.45, 7) is 5.93. The van der Waals surface area contributed by atoms with Crippen molar-refractivity contribution in [2.24, 2.45) is 5.92 Å². The summed E-state index contributed by atoms with van der Waals surface area (Å²) < 4.78 is 44.3. The first kappa shape index (κ1) is 21.1. The Bertz CT molecular complexity index is 676. The number of hydrogen-bond donors (Lipinski definition) is 1. The molecule has 0 spiro atoms. The topological polar surface area (TPSA) is 58.6 Å². The second-order valence-corrected chi connectivity index (χ2v) is 7.61. The molecule has 1 saturated heterocycles. The summed E-state index contributed by atoms with van der Waals surface area (Å²) in [5.41, 5.74) is -1.30. The predicted molar refractivity (Wildman–Crippen MR) is 93.8 cm³/mol. The third-order valence-corrected chi connectivity index (χ3v) is 4.29. The minimum Gasteiger partial charge on any atom is -0.444 e. The minimum atomic E-state index is -4.46. The lowest BCUT2D eigenvalue weighted by molar-refractivity contribution is -0.138. The fourth-order valence-electron chi connectivity index (χ4n) is 2.93. The lowest BCUT2D eigenvalue weighted by atomic mass is 9.96. The standard InChI is InChI=1S/C19H25F3N2O3/c1-18(2,3)27-17(26)24-10-8-13(9-11-24)16(25)23-12-14-6-4-5-7-15(14)19(20,21)22/h4-7,13H,8-12H2,1-3H3,(H,23,25). The number of nitrogens with one attached hydrogen (secondary N) is 1. The number of carbonyl (C=O) groups excluding carboxylic acids is 2. The van der Waals surface area contributed by atoms with Gasteiger partial charge in [-0.1, -0.05) is 18.2 Å². The Morgan fingerprint density at radius 1 is 1.15 bits per heavy atom. The summed E-state index contributed by atoms with van der Waals surface area (Å²) in [6.07, 6.45) is -3.97. The molecule has 0 radical (unpaired) electrons. The molecule has 0 atom stereocenters. The maximum Gasteiger partial charge on any atom is 0.416 e. The van der Waals surface area contributed by atoms with E-state index in [1.807, 2.05) is 0 Å². The molecule has 1 aliphatic heterocycles. The van der Waals surface area contributed by atoms with Gasteiger partial charge in [0.2, 0.25) is 5.91 Å². The van der Waals surface area contributed by atoms with Gasteiger partial charge in [0.15, 0.2) is 0 Å². The summed E-state index contributed by atoms with van der Waals surface area (Å²) in [5.74, 6) is -0.627. The first-order chi connectivity index (χ1) is 12.5. The highest BCUT2D eigenvalue weighted by molar-refractivity contribution is 5.79. The molecule has 0 unspecified atom stereocenters. The Morgan fingerprint density at radius 3 is 2.30 bits per heavy atom. The number of amides is 2. The monoisotopic (exact) mass is 386 g/mol. The van der Waals surface area contributed by atoms with E-state index in [0.717, 1.165) is 6.07 Å². The van der Waals surface area contributed by atoms with Crippen LogP contribution in [-0.2, 0) is 22.3 Å². The third-order valence-electron chi connectivity index (χ3n) is 4.29. The molecule has 0 aliphatic carbocycles. The third kappa shape index (κ3) is 6.15. The van der Waals surface area contributed by atoms with Crippen LogP contribution in [0.15, 0.2) is 24.3 Å². The number of alkyl halides is 3.